The van der Waals surface area contributed by atoms with Gasteiger partial charge >= 0.3 is 0 Å². The maximum absolute atomic E-state index is 13.7. The number of halogens is 3. The molecule has 2 unspecified atom stereocenters. The lowest BCUT2D eigenvalue weighted by Crippen LogP contribution is -2.59. The zero-order chi connectivity index (χ0) is 17.6. The van der Waals surface area contributed by atoms with Crippen LogP contribution in [0.25, 0.3) is 0 Å². The van der Waals surface area contributed by atoms with Crippen LogP contribution >= 0.6 is 24.8 Å². The fourth-order valence-electron chi connectivity index (χ4n) is 5.65. The minimum atomic E-state index is -0.146. The summed E-state index contributed by atoms with van der Waals surface area (Å²) in [4.78, 5) is 5.38. The van der Waals surface area contributed by atoms with Gasteiger partial charge in [-0.2, -0.15) is 0 Å². The molecule has 2 fully saturated rings. The summed E-state index contributed by atoms with van der Waals surface area (Å²) in [5.41, 5.74) is 4.07. The molecule has 5 rings (SSSR count). The minimum Gasteiger partial charge on any atom is -0.300 e. The zero-order valence-corrected chi connectivity index (χ0v) is 17.8. The van der Waals surface area contributed by atoms with Gasteiger partial charge in [0.05, 0.1) is 5.54 Å². The maximum atomic E-state index is 13.7. The second-order valence-electron chi connectivity index (χ2n) is 8.15. The molecule has 2 nitrogen and oxygen atoms in total. The molecule has 3 heterocycles. The third kappa shape index (κ3) is 3.47. The van der Waals surface area contributed by atoms with Gasteiger partial charge in [-0.25, -0.2) is 4.39 Å². The average Bonchev–Trinajstić information content (AvgIpc) is 3.23. The van der Waals surface area contributed by atoms with Crippen LogP contribution in [0, 0.1) is 5.82 Å². The third-order valence-corrected chi connectivity index (χ3v) is 6.90. The Morgan fingerprint density at radius 2 is 1.57 bits per heavy atom. The summed E-state index contributed by atoms with van der Waals surface area (Å²) in [6, 6.07) is 16.9. The first-order chi connectivity index (χ1) is 12.8. The Hall–Kier alpha value is -1.13. The number of benzene rings is 2. The van der Waals surface area contributed by atoms with Crippen molar-refractivity contribution in [3.8, 4) is 0 Å². The van der Waals surface area contributed by atoms with Crippen LogP contribution in [0.5, 0.6) is 0 Å². The van der Waals surface area contributed by atoms with Crippen LogP contribution < -0.4 is 0 Å². The number of fused-ring (bicyclic) bond motifs is 3. The summed E-state index contributed by atoms with van der Waals surface area (Å²) in [5.74, 6) is -0.146. The van der Waals surface area contributed by atoms with Gasteiger partial charge in [0.15, 0.2) is 0 Å². The lowest BCUT2D eigenvalue weighted by atomic mass is 9.69. The standard InChI is InChI=1S/C23H27FN2.2ClH/c24-20-9-7-19(8-10-20)23-17-21(25-13-3-4-14-25)12-16-26(23)15-11-18-5-1-2-6-22(18)23;;/h1-2,5-10,21H,3-4,11-17H2;2*1H. The molecular formula is C23H29Cl2FN2. The first-order valence-corrected chi connectivity index (χ1v) is 10.1. The highest BCUT2D eigenvalue weighted by molar-refractivity contribution is 5.85. The highest BCUT2D eigenvalue weighted by Crippen LogP contribution is 2.48. The summed E-state index contributed by atoms with van der Waals surface area (Å²) in [5, 5.41) is 0. The number of hydrogen-bond acceptors (Lipinski definition) is 2. The predicted molar refractivity (Wildman–Crippen MR) is 117 cm³/mol. The topological polar surface area (TPSA) is 6.48 Å². The molecular weight excluding hydrogens is 394 g/mol. The largest absolute Gasteiger partial charge is 0.300 e. The fourth-order valence-corrected chi connectivity index (χ4v) is 5.65. The molecule has 0 N–H and O–H groups in total. The third-order valence-electron chi connectivity index (χ3n) is 6.90. The highest BCUT2D eigenvalue weighted by atomic mass is 35.5. The smallest absolute Gasteiger partial charge is 0.123 e. The van der Waals surface area contributed by atoms with Gasteiger partial charge < -0.3 is 4.90 Å². The van der Waals surface area contributed by atoms with Crippen LogP contribution in [-0.2, 0) is 12.0 Å². The number of hydrogen-bond donors (Lipinski definition) is 0. The van der Waals surface area contributed by atoms with E-state index in [1.54, 1.807) is 12.1 Å². The number of nitrogens with zero attached hydrogens (tertiary/aromatic N) is 2. The van der Waals surface area contributed by atoms with Crippen molar-refractivity contribution in [2.24, 2.45) is 0 Å². The van der Waals surface area contributed by atoms with Crippen LogP contribution in [0.3, 0.4) is 0 Å². The Bertz CT molecular complexity index is 791. The van der Waals surface area contributed by atoms with Crippen LogP contribution in [0.15, 0.2) is 48.5 Å². The molecule has 3 aliphatic rings. The molecule has 2 aromatic carbocycles. The van der Waals surface area contributed by atoms with E-state index in [4.69, 9.17) is 0 Å². The normalized spacial score (nSPS) is 27.2. The molecule has 0 amide bonds. The second-order valence-corrected chi connectivity index (χ2v) is 8.15. The Labute approximate surface area is 179 Å². The van der Waals surface area contributed by atoms with E-state index in [0.29, 0.717) is 6.04 Å². The van der Waals surface area contributed by atoms with E-state index < -0.39 is 0 Å². The Kier molecular flexibility index (Phi) is 6.71. The maximum Gasteiger partial charge on any atom is 0.123 e. The van der Waals surface area contributed by atoms with E-state index in [2.05, 4.69) is 34.1 Å². The van der Waals surface area contributed by atoms with E-state index in [1.165, 1.54) is 49.0 Å². The lowest BCUT2D eigenvalue weighted by Gasteiger charge is -2.55. The fraction of sp³-hybridized carbons (Fsp3) is 0.478. The van der Waals surface area contributed by atoms with Crippen LogP contribution in [0.2, 0.25) is 0 Å². The van der Waals surface area contributed by atoms with Crippen LogP contribution in [-0.4, -0.2) is 42.0 Å². The Morgan fingerprint density at radius 3 is 2.32 bits per heavy atom. The van der Waals surface area contributed by atoms with E-state index in [9.17, 15) is 4.39 Å². The van der Waals surface area contributed by atoms with Crippen LogP contribution in [0.1, 0.15) is 42.4 Å². The second kappa shape index (κ2) is 8.71. The van der Waals surface area contributed by atoms with Gasteiger partial charge in [-0.1, -0.05) is 36.4 Å². The van der Waals surface area contributed by atoms with Gasteiger partial charge in [0.25, 0.3) is 0 Å². The summed E-state index contributed by atoms with van der Waals surface area (Å²) >= 11 is 0. The number of piperidine rings is 1. The molecule has 0 aromatic heterocycles. The van der Waals surface area contributed by atoms with Crippen molar-refractivity contribution < 1.29 is 4.39 Å². The van der Waals surface area contributed by atoms with Gasteiger partial charge in [0, 0.05) is 19.1 Å². The molecule has 28 heavy (non-hydrogen) atoms. The SMILES string of the molecule is Cl.Cl.Fc1ccc(C23CC(N4CCCC4)CCN2CCc2ccccc23)cc1. The van der Waals surface area contributed by atoms with E-state index in [1.807, 2.05) is 12.1 Å². The molecule has 0 saturated carbocycles. The van der Waals surface area contributed by atoms with E-state index in [0.717, 1.165) is 25.9 Å². The quantitative estimate of drug-likeness (QED) is 0.669. The van der Waals surface area contributed by atoms with Gasteiger partial charge in [0.2, 0.25) is 0 Å². The predicted octanol–water partition coefficient (Wildman–Crippen LogP) is 5.03. The first kappa shape index (κ1) is 21.6. The highest BCUT2D eigenvalue weighted by Gasteiger charge is 2.48. The van der Waals surface area contributed by atoms with Crippen molar-refractivity contribution in [3.63, 3.8) is 0 Å². The van der Waals surface area contributed by atoms with Gasteiger partial charge in [-0.05, 0) is 74.0 Å². The Morgan fingerprint density at radius 1 is 0.857 bits per heavy atom. The summed E-state index contributed by atoms with van der Waals surface area (Å²) in [6.07, 6.45) is 6.16. The average molecular weight is 423 g/mol. The molecule has 2 saturated heterocycles. The molecule has 5 heteroatoms. The number of rotatable bonds is 2. The molecule has 0 aliphatic carbocycles. The zero-order valence-electron chi connectivity index (χ0n) is 16.1. The molecule has 2 aromatic rings. The van der Waals surface area contributed by atoms with Crippen molar-refractivity contribution in [2.45, 2.75) is 43.7 Å². The first-order valence-electron chi connectivity index (χ1n) is 10.1. The van der Waals surface area contributed by atoms with Crippen molar-refractivity contribution in [1.82, 2.24) is 9.80 Å². The Balaban J connectivity index is 0.00000112. The molecule has 3 aliphatic heterocycles. The molecule has 0 spiro atoms. The van der Waals surface area contributed by atoms with Crippen molar-refractivity contribution in [3.05, 3.63) is 71.0 Å². The molecule has 0 bridgehead atoms. The minimum absolute atomic E-state index is 0. The van der Waals surface area contributed by atoms with Crippen LogP contribution in [0.4, 0.5) is 4.39 Å². The van der Waals surface area contributed by atoms with E-state index in [-0.39, 0.29) is 36.2 Å². The summed E-state index contributed by atoms with van der Waals surface area (Å²) in [6.45, 7) is 4.71. The van der Waals surface area contributed by atoms with E-state index >= 15 is 0 Å². The lowest BCUT2D eigenvalue weighted by molar-refractivity contribution is 0.0174. The monoisotopic (exact) mass is 422 g/mol. The summed E-state index contributed by atoms with van der Waals surface area (Å²) < 4.78 is 13.7. The van der Waals surface area contributed by atoms with Crippen molar-refractivity contribution >= 4 is 24.8 Å². The van der Waals surface area contributed by atoms with Crippen molar-refractivity contribution in [1.29, 1.82) is 0 Å². The molecule has 0 radical (unpaired) electrons. The van der Waals surface area contributed by atoms with Gasteiger partial charge in [0.1, 0.15) is 5.82 Å². The molecule has 152 valence electrons. The van der Waals surface area contributed by atoms with Crippen molar-refractivity contribution in [2.75, 3.05) is 26.2 Å². The van der Waals surface area contributed by atoms with Gasteiger partial charge in [-0.15, -0.1) is 24.8 Å². The summed E-state index contributed by atoms with van der Waals surface area (Å²) in [7, 11) is 0. The number of likely N-dealkylation sites (tertiary alicyclic amines) is 1. The van der Waals surface area contributed by atoms with Gasteiger partial charge in [-0.3, -0.25) is 4.90 Å². The molecule has 2 atom stereocenters.